The van der Waals surface area contributed by atoms with Crippen LogP contribution in [0, 0.1) is 0 Å². The molecule has 1 aliphatic rings. The molecule has 5 heteroatoms. The molecular formula is C18H23N3O2. The molecule has 0 spiro atoms. The Kier molecular flexibility index (Phi) is 5.40. The summed E-state index contributed by atoms with van der Waals surface area (Å²) < 4.78 is 5.59. The third kappa shape index (κ3) is 4.41. The number of amides is 1. The number of ether oxygens (including phenoxy) is 1. The molecule has 0 saturated heterocycles. The zero-order valence-corrected chi connectivity index (χ0v) is 13.3. The molecule has 1 aromatic heterocycles. The van der Waals surface area contributed by atoms with Crippen molar-refractivity contribution in [1.82, 2.24) is 15.5 Å². The second kappa shape index (κ2) is 7.90. The zero-order chi connectivity index (χ0) is 15.9. The van der Waals surface area contributed by atoms with Crippen molar-refractivity contribution in [2.45, 2.75) is 51.0 Å². The molecule has 0 radical (unpaired) electrons. The second-order valence-electron chi connectivity index (χ2n) is 6.14. The summed E-state index contributed by atoms with van der Waals surface area (Å²) in [7, 11) is 0. The summed E-state index contributed by atoms with van der Waals surface area (Å²) in [5.41, 5.74) is 0. The lowest BCUT2D eigenvalue weighted by molar-refractivity contribution is -0.124. The van der Waals surface area contributed by atoms with E-state index in [2.05, 4.69) is 15.5 Å². The number of hydrogen-bond donors (Lipinski definition) is 1. The third-order valence-corrected chi connectivity index (χ3v) is 4.35. The fourth-order valence-electron chi connectivity index (χ4n) is 3.11. The smallest absolute Gasteiger partial charge is 0.258 e. The van der Waals surface area contributed by atoms with Gasteiger partial charge in [0.2, 0.25) is 5.88 Å². The van der Waals surface area contributed by atoms with E-state index in [1.165, 1.54) is 32.1 Å². The number of carbonyl (C=O) groups excluding carboxylic acids is 1. The van der Waals surface area contributed by atoms with Crippen molar-refractivity contribution in [3.8, 4) is 5.88 Å². The minimum atomic E-state index is -0.0784. The van der Waals surface area contributed by atoms with Crippen molar-refractivity contribution in [2.75, 3.05) is 6.61 Å². The zero-order valence-electron chi connectivity index (χ0n) is 13.3. The van der Waals surface area contributed by atoms with E-state index < -0.39 is 0 Å². The van der Waals surface area contributed by atoms with E-state index in [1.54, 1.807) is 6.20 Å². The number of fused-ring (bicyclic) bond motifs is 1. The van der Waals surface area contributed by atoms with Crippen LogP contribution >= 0.6 is 0 Å². The lowest BCUT2D eigenvalue weighted by Gasteiger charge is -2.21. The maximum absolute atomic E-state index is 12.1. The van der Waals surface area contributed by atoms with E-state index in [0.29, 0.717) is 5.88 Å². The number of aromatic nitrogens is 2. The molecule has 1 aromatic carbocycles. The van der Waals surface area contributed by atoms with Gasteiger partial charge in [0, 0.05) is 16.8 Å². The summed E-state index contributed by atoms with van der Waals surface area (Å²) in [5, 5.41) is 12.8. The Hall–Kier alpha value is -2.17. The molecule has 5 nitrogen and oxygen atoms in total. The van der Waals surface area contributed by atoms with Crippen LogP contribution in [0.2, 0.25) is 0 Å². The molecule has 2 aromatic rings. The number of hydrogen-bond acceptors (Lipinski definition) is 4. The van der Waals surface area contributed by atoms with Crippen LogP contribution in [0.4, 0.5) is 0 Å². The van der Waals surface area contributed by atoms with Gasteiger partial charge in [0.1, 0.15) is 0 Å². The van der Waals surface area contributed by atoms with Crippen LogP contribution in [0.15, 0.2) is 30.5 Å². The van der Waals surface area contributed by atoms with E-state index in [9.17, 15) is 4.79 Å². The normalized spacial score (nSPS) is 16.5. The highest BCUT2D eigenvalue weighted by molar-refractivity contribution is 5.86. The minimum Gasteiger partial charge on any atom is -0.466 e. The Labute approximate surface area is 136 Å². The van der Waals surface area contributed by atoms with Gasteiger partial charge in [-0.25, -0.2) is 0 Å². The summed E-state index contributed by atoms with van der Waals surface area (Å²) >= 11 is 0. The Balaban J connectivity index is 1.55. The first kappa shape index (κ1) is 15.7. The number of benzene rings is 1. The van der Waals surface area contributed by atoms with E-state index in [-0.39, 0.29) is 18.6 Å². The molecule has 0 unspecified atom stereocenters. The summed E-state index contributed by atoms with van der Waals surface area (Å²) in [4.78, 5) is 12.1. The molecule has 122 valence electrons. The van der Waals surface area contributed by atoms with E-state index in [0.717, 1.165) is 23.6 Å². The van der Waals surface area contributed by atoms with Crippen LogP contribution in [-0.2, 0) is 4.79 Å². The maximum Gasteiger partial charge on any atom is 0.258 e. The number of nitrogens with one attached hydrogen (secondary N) is 1. The monoisotopic (exact) mass is 313 g/mol. The van der Waals surface area contributed by atoms with Crippen LogP contribution in [0.25, 0.3) is 10.8 Å². The van der Waals surface area contributed by atoms with Crippen molar-refractivity contribution in [3.05, 3.63) is 30.5 Å². The maximum atomic E-state index is 12.1. The van der Waals surface area contributed by atoms with Gasteiger partial charge in [0.15, 0.2) is 6.61 Å². The SMILES string of the molecule is O=C(COc1nncc2ccccc12)NC1CCCCCCC1. The van der Waals surface area contributed by atoms with Crippen molar-refractivity contribution >= 4 is 16.7 Å². The standard InChI is InChI=1S/C18H23N3O2/c22-17(20-15-9-4-2-1-3-5-10-15)13-23-18-16-11-7-6-8-14(16)12-19-21-18/h6-8,11-12,15H,1-5,9-10,13H2,(H,20,22). The summed E-state index contributed by atoms with van der Waals surface area (Å²) in [6.07, 6.45) is 10.1. The van der Waals surface area contributed by atoms with Crippen molar-refractivity contribution < 1.29 is 9.53 Å². The Morgan fingerprint density at radius 3 is 2.70 bits per heavy atom. The molecule has 1 amide bonds. The molecule has 1 aliphatic carbocycles. The summed E-state index contributed by atoms with van der Waals surface area (Å²) in [6, 6.07) is 8.02. The fourth-order valence-corrected chi connectivity index (χ4v) is 3.11. The highest BCUT2D eigenvalue weighted by Gasteiger charge is 2.15. The minimum absolute atomic E-state index is 0.0147. The topological polar surface area (TPSA) is 64.1 Å². The highest BCUT2D eigenvalue weighted by atomic mass is 16.5. The van der Waals surface area contributed by atoms with Gasteiger partial charge in [-0.1, -0.05) is 50.3 Å². The molecule has 1 heterocycles. The fraction of sp³-hybridized carbons (Fsp3) is 0.500. The van der Waals surface area contributed by atoms with Crippen LogP contribution in [0.3, 0.4) is 0 Å². The average molecular weight is 313 g/mol. The van der Waals surface area contributed by atoms with Gasteiger partial charge in [-0.3, -0.25) is 4.79 Å². The molecule has 1 fully saturated rings. The van der Waals surface area contributed by atoms with Gasteiger partial charge in [-0.15, -0.1) is 5.10 Å². The molecule has 1 N–H and O–H groups in total. The van der Waals surface area contributed by atoms with Gasteiger partial charge in [0.05, 0.1) is 6.20 Å². The quantitative estimate of drug-likeness (QED) is 0.941. The van der Waals surface area contributed by atoms with Crippen LogP contribution in [-0.4, -0.2) is 28.8 Å². The van der Waals surface area contributed by atoms with Gasteiger partial charge < -0.3 is 10.1 Å². The van der Waals surface area contributed by atoms with Crippen molar-refractivity contribution in [2.24, 2.45) is 0 Å². The predicted molar refractivity (Wildman–Crippen MR) is 89.3 cm³/mol. The molecular weight excluding hydrogens is 290 g/mol. The van der Waals surface area contributed by atoms with Crippen LogP contribution < -0.4 is 10.1 Å². The van der Waals surface area contributed by atoms with Gasteiger partial charge in [-0.2, -0.15) is 5.10 Å². The second-order valence-corrected chi connectivity index (χ2v) is 6.14. The summed E-state index contributed by atoms with van der Waals surface area (Å²) in [6.45, 7) is -0.0147. The lowest BCUT2D eigenvalue weighted by atomic mass is 9.97. The molecule has 3 rings (SSSR count). The first-order valence-corrected chi connectivity index (χ1v) is 8.45. The Morgan fingerprint density at radius 2 is 1.87 bits per heavy atom. The third-order valence-electron chi connectivity index (χ3n) is 4.35. The van der Waals surface area contributed by atoms with Crippen LogP contribution in [0.5, 0.6) is 5.88 Å². The number of carbonyl (C=O) groups is 1. The van der Waals surface area contributed by atoms with E-state index >= 15 is 0 Å². The Bertz CT molecular complexity index is 646. The van der Waals surface area contributed by atoms with Crippen molar-refractivity contribution in [1.29, 1.82) is 0 Å². The molecule has 23 heavy (non-hydrogen) atoms. The molecule has 1 saturated carbocycles. The van der Waals surface area contributed by atoms with Crippen molar-refractivity contribution in [3.63, 3.8) is 0 Å². The van der Waals surface area contributed by atoms with Gasteiger partial charge >= 0.3 is 0 Å². The summed E-state index contributed by atoms with van der Waals surface area (Å²) in [5.74, 6) is 0.334. The molecule has 0 aliphatic heterocycles. The highest BCUT2D eigenvalue weighted by Crippen LogP contribution is 2.21. The predicted octanol–water partition coefficient (Wildman–Crippen LogP) is 3.24. The van der Waals surface area contributed by atoms with E-state index in [1.807, 2.05) is 24.3 Å². The van der Waals surface area contributed by atoms with Crippen LogP contribution in [0.1, 0.15) is 44.9 Å². The first-order chi connectivity index (χ1) is 11.3. The van der Waals surface area contributed by atoms with Gasteiger partial charge in [0.25, 0.3) is 5.91 Å². The Morgan fingerprint density at radius 1 is 1.13 bits per heavy atom. The van der Waals surface area contributed by atoms with Gasteiger partial charge in [-0.05, 0) is 18.9 Å². The average Bonchev–Trinajstić information content (AvgIpc) is 2.55. The number of rotatable bonds is 4. The first-order valence-electron chi connectivity index (χ1n) is 8.45. The number of nitrogens with zero attached hydrogens (tertiary/aromatic N) is 2. The largest absolute Gasteiger partial charge is 0.466 e. The molecule has 0 bridgehead atoms. The lowest BCUT2D eigenvalue weighted by Crippen LogP contribution is -2.38. The molecule has 0 atom stereocenters. The van der Waals surface area contributed by atoms with E-state index in [4.69, 9.17) is 4.74 Å².